The van der Waals surface area contributed by atoms with Gasteiger partial charge in [0.1, 0.15) is 11.8 Å². The number of nitrogens with one attached hydrogen (secondary N) is 2. The van der Waals surface area contributed by atoms with E-state index in [1.165, 1.54) is 12.1 Å². The van der Waals surface area contributed by atoms with Crippen molar-refractivity contribution >= 4 is 15.9 Å². The zero-order chi connectivity index (χ0) is 26.1. The van der Waals surface area contributed by atoms with Crippen molar-refractivity contribution in [1.29, 1.82) is 0 Å². The van der Waals surface area contributed by atoms with E-state index in [0.29, 0.717) is 12.4 Å². The molecule has 0 aliphatic heterocycles. The number of carbonyl (C=O) groups is 1. The molecular weight excluding hydrogens is 484 g/mol. The summed E-state index contributed by atoms with van der Waals surface area (Å²) in [6.45, 7) is 2.34. The Balaban J connectivity index is 1.63. The number of carbonyl (C=O) groups excluding carboxylic acids is 1. The predicted molar refractivity (Wildman–Crippen MR) is 145 cm³/mol. The summed E-state index contributed by atoms with van der Waals surface area (Å²) in [5.74, 6) is 0.157. The van der Waals surface area contributed by atoms with E-state index in [2.05, 4.69) is 10.0 Å². The lowest BCUT2D eigenvalue weighted by Gasteiger charge is -2.24. The molecular formula is C30H30N2O4S. The highest BCUT2D eigenvalue weighted by Crippen LogP contribution is 2.23. The van der Waals surface area contributed by atoms with Gasteiger partial charge in [0.25, 0.3) is 0 Å². The third kappa shape index (κ3) is 7.06. The van der Waals surface area contributed by atoms with Gasteiger partial charge in [-0.2, -0.15) is 4.72 Å². The van der Waals surface area contributed by atoms with Crippen molar-refractivity contribution in [3.8, 4) is 5.75 Å². The molecule has 4 rings (SSSR count). The molecule has 0 aliphatic carbocycles. The van der Waals surface area contributed by atoms with Gasteiger partial charge in [-0.3, -0.25) is 4.79 Å². The summed E-state index contributed by atoms with van der Waals surface area (Å²) in [6, 6.07) is 33.2. The van der Waals surface area contributed by atoms with Gasteiger partial charge in [-0.1, -0.05) is 91.0 Å². The molecule has 0 saturated carbocycles. The maximum absolute atomic E-state index is 13.7. The average molecular weight is 515 g/mol. The van der Waals surface area contributed by atoms with Gasteiger partial charge in [-0.05, 0) is 54.3 Å². The van der Waals surface area contributed by atoms with Crippen LogP contribution in [0, 0.1) is 0 Å². The molecule has 6 nitrogen and oxygen atoms in total. The van der Waals surface area contributed by atoms with Gasteiger partial charge in [0.15, 0.2) is 0 Å². The number of rotatable bonds is 11. The van der Waals surface area contributed by atoms with E-state index in [1.54, 1.807) is 12.1 Å². The first-order valence-corrected chi connectivity index (χ1v) is 13.6. The van der Waals surface area contributed by atoms with E-state index in [9.17, 15) is 13.2 Å². The van der Waals surface area contributed by atoms with Gasteiger partial charge in [0.05, 0.1) is 17.5 Å². The van der Waals surface area contributed by atoms with Gasteiger partial charge in [0, 0.05) is 0 Å². The first-order valence-electron chi connectivity index (χ1n) is 12.2. The van der Waals surface area contributed by atoms with Crippen LogP contribution >= 0.6 is 0 Å². The second-order valence-electron chi connectivity index (χ2n) is 8.53. The third-order valence-electron chi connectivity index (χ3n) is 5.89. The van der Waals surface area contributed by atoms with E-state index in [1.807, 2.05) is 97.9 Å². The molecule has 7 heteroatoms. The van der Waals surface area contributed by atoms with Crippen LogP contribution in [0.4, 0.5) is 0 Å². The second kappa shape index (κ2) is 12.3. The van der Waals surface area contributed by atoms with Gasteiger partial charge in [0.2, 0.25) is 15.9 Å². The van der Waals surface area contributed by atoms with Gasteiger partial charge >= 0.3 is 0 Å². The molecule has 0 saturated heterocycles. The highest BCUT2D eigenvalue weighted by atomic mass is 32.2. The molecule has 37 heavy (non-hydrogen) atoms. The third-order valence-corrected chi connectivity index (χ3v) is 7.38. The molecule has 2 N–H and O–H groups in total. The summed E-state index contributed by atoms with van der Waals surface area (Å²) in [4.78, 5) is 13.8. The lowest BCUT2D eigenvalue weighted by Crippen LogP contribution is -2.49. The lowest BCUT2D eigenvalue weighted by atomic mass is 9.97. The molecule has 190 valence electrons. The van der Waals surface area contributed by atoms with Crippen LogP contribution in [0.5, 0.6) is 5.75 Å². The zero-order valence-electron chi connectivity index (χ0n) is 20.6. The SMILES string of the molecule is CCOc1ccc(S(=O)(=O)N[C@H](Cc2ccccc2)C(=O)NC(c2ccccc2)c2ccccc2)cc1. The van der Waals surface area contributed by atoms with Crippen molar-refractivity contribution in [2.75, 3.05) is 6.61 Å². The van der Waals surface area contributed by atoms with Crippen LogP contribution in [0.25, 0.3) is 0 Å². The lowest BCUT2D eigenvalue weighted by molar-refractivity contribution is -0.123. The van der Waals surface area contributed by atoms with Crippen molar-refractivity contribution in [3.05, 3.63) is 132 Å². The van der Waals surface area contributed by atoms with E-state index in [4.69, 9.17) is 4.74 Å². The highest BCUT2D eigenvalue weighted by molar-refractivity contribution is 7.89. The molecule has 0 aliphatic rings. The van der Waals surface area contributed by atoms with E-state index < -0.39 is 28.0 Å². The van der Waals surface area contributed by atoms with Crippen LogP contribution in [-0.4, -0.2) is 27.0 Å². The molecule has 0 radical (unpaired) electrons. The Hall–Kier alpha value is -3.94. The highest BCUT2D eigenvalue weighted by Gasteiger charge is 2.28. The summed E-state index contributed by atoms with van der Waals surface area (Å²) in [7, 11) is -3.99. The fourth-order valence-electron chi connectivity index (χ4n) is 4.07. The van der Waals surface area contributed by atoms with Crippen molar-refractivity contribution in [2.24, 2.45) is 0 Å². The Labute approximate surface area is 218 Å². The maximum atomic E-state index is 13.7. The van der Waals surface area contributed by atoms with E-state index in [-0.39, 0.29) is 11.3 Å². The minimum Gasteiger partial charge on any atom is -0.494 e. The topological polar surface area (TPSA) is 84.5 Å². The predicted octanol–water partition coefficient (Wildman–Crippen LogP) is 4.88. The van der Waals surface area contributed by atoms with Gasteiger partial charge < -0.3 is 10.1 Å². The number of hydrogen-bond acceptors (Lipinski definition) is 4. The van der Waals surface area contributed by atoms with Crippen molar-refractivity contribution in [2.45, 2.75) is 30.3 Å². The smallest absolute Gasteiger partial charge is 0.241 e. The van der Waals surface area contributed by atoms with Crippen LogP contribution in [-0.2, 0) is 21.2 Å². The number of amides is 1. The van der Waals surface area contributed by atoms with E-state index in [0.717, 1.165) is 16.7 Å². The molecule has 4 aromatic rings. The van der Waals surface area contributed by atoms with Crippen LogP contribution in [0.15, 0.2) is 120 Å². The Kier molecular flexibility index (Phi) is 8.72. The molecule has 0 unspecified atom stereocenters. The van der Waals surface area contributed by atoms with Crippen molar-refractivity contribution in [1.82, 2.24) is 10.0 Å². The maximum Gasteiger partial charge on any atom is 0.241 e. The monoisotopic (exact) mass is 514 g/mol. The standard InChI is InChI=1S/C30H30N2O4S/c1-2-36-26-18-20-27(21-19-26)37(34,35)32-28(22-23-12-6-3-7-13-23)30(33)31-29(24-14-8-4-9-15-24)25-16-10-5-11-17-25/h3-21,28-29,32H,2,22H2,1H3,(H,31,33)/t28-/m1/s1. The Bertz CT molecular complexity index is 1340. The summed E-state index contributed by atoms with van der Waals surface area (Å²) in [5, 5.41) is 3.08. The largest absolute Gasteiger partial charge is 0.494 e. The van der Waals surface area contributed by atoms with Crippen molar-refractivity contribution in [3.63, 3.8) is 0 Å². The zero-order valence-corrected chi connectivity index (χ0v) is 21.4. The summed E-state index contributed by atoms with van der Waals surface area (Å²) >= 11 is 0. The summed E-state index contributed by atoms with van der Waals surface area (Å²) in [6.07, 6.45) is 0.194. The van der Waals surface area contributed by atoms with Crippen LogP contribution in [0.3, 0.4) is 0 Å². The molecule has 0 aromatic heterocycles. The summed E-state index contributed by atoms with van der Waals surface area (Å²) < 4.78 is 34.7. The summed E-state index contributed by atoms with van der Waals surface area (Å²) in [5.41, 5.74) is 2.64. The quantitative estimate of drug-likeness (QED) is 0.299. The molecule has 0 bridgehead atoms. The Morgan fingerprint density at radius 2 is 1.27 bits per heavy atom. The average Bonchev–Trinajstić information content (AvgIpc) is 2.93. The number of sulfonamides is 1. The number of hydrogen-bond donors (Lipinski definition) is 2. The van der Waals surface area contributed by atoms with Gasteiger partial charge in [-0.25, -0.2) is 8.42 Å². The van der Waals surface area contributed by atoms with Gasteiger partial charge in [-0.15, -0.1) is 0 Å². The minimum absolute atomic E-state index is 0.0597. The molecule has 1 amide bonds. The van der Waals surface area contributed by atoms with Crippen molar-refractivity contribution < 1.29 is 17.9 Å². The van der Waals surface area contributed by atoms with Crippen LogP contribution < -0.4 is 14.8 Å². The van der Waals surface area contributed by atoms with E-state index >= 15 is 0 Å². The van der Waals surface area contributed by atoms with Crippen LogP contribution in [0.1, 0.15) is 29.7 Å². The first-order chi connectivity index (χ1) is 18.0. The van der Waals surface area contributed by atoms with Crippen LogP contribution in [0.2, 0.25) is 0 Å². The Morgan fingerprint density at radius 1 is 0.757 bits per heavy atom. The molecule has 0 fully saturated rings. The normalized spacial score (nSPS) is 12.2. The number of ether oxygens (including phenoxy) is 1. The molecule has 0 heterocycles. The fraction of sp³-hybridized carbons (Fsp3) is 0.167. The second-order valence-corrected chi connectivity index (χ2v) is 10.2. The number of benzene rings is 4. The minimum atomic E-state index is -3.99. The first kappa shape index (κ1) is 26.1. The molecule has 1 atom stereocenters. The Morgan fingerprint density at radius 3 is 1.78 bits per heavy atom. The molecule has 4 aromatic carbocycles. The molecule has 0 spiro atoms. The fourth-order valence-corrected chi connectivity index (χ4v) is 5.26.